The molecule has 0 saturated heterocycles. The summed E-state index contributed by atoms with van der Waals surface area (Å²) in [6.45, 7) is 6.38. The topological polar surface area (TPSA) is 74.2 Å². The Labute approximate surface area is 188 Å². The first-order valence-corrected chi connectivity index (χ1v) is 10.9. The zero-order valence-electron chi connectivity index (χ0n) is 16.4. The Hall–Kier alpha value is -2.00. The van der Waals surface area contributed by atoms with Crippen LogP contribution < -0.4 is 4.74 Å². The molecule has 0 bridgehead atoms. The van der Waals surface area contributed by atoms with Crippen molar-refractivity contribution in [1.82, 2.24) is 15.0 Å². The van der Waals surface area contributed by atoms with Crippen LogP contribution in [0.25, 0.3) is 22.2 Å². The summed E-state index contributed by atoms with van der Waals surface area (Å²) in [5, 5.41) is 0.936. The lowest BCUT2D eigenvalue weighted by atomic mass is 9.93. The van der Waals surface area contributed by atoms with Gasteiger partial charge in [0.05, 0.1) is 41.6 Å². The van der Waals surface area contributed by atoms with E-state index >= 15 is 0 Å². The molecule has 0 saturated carbocycles. The van der Waals surface area contributed by atoms with E-state index in [9.17, 15) is 4.79 Å². The minimum Gasteiger partial charge on any atom is -0.493 e. The number of pyridine rings is 1. The fraction of sp³-hybridized carbons (Fsp3) is 0.333. The molecule has 3 rings (SSSR count). The number of rotatable bonds is 7. The Balaban J connectivity index is 2.35. The number of hydrogen-bond acceptors (Lipinski definition) is 6. The Morgan fingerprint density at radius 1 is 1.17 bits per heavy atom. The van der Waals surface area contributed by atoms with E-state index in [2.05, 4.69) is 37.5 Å². The number of hydrogen-bond donors (Lipinski definition) is 0. The van der Waals surface area contributed by atoms with Crippen LogP contribution >= 0.6 is 34.2 Å². The number of carbonyl (C=O) groups excluding carboxylic acids is 1. The summed E-state index contributed by atoms with van der Waals surface area (Å²) >= 11 is 8.48. The van der Waals surface area contributed by atoms with Crippen molar-refractivity contribution in [3.63, 3.8) is 0 Å². The van der Waals surface area contributed by atoms with Gasteiger partial charge >= 0.3 is 5.97 Å². The minimum atomic E-state index is -0.545. The maximum atomic E-state index is 12.6. The molecule has 0 fully saturated rings. The molecule has 1 unspecified atom stereocenters. The summed E-state index contributed by atoms with van der Waals surface area (Å²) in [6, 6.07) is 7.61. The van der Waals surface area contributed by atoms with Gasteiger partial charge in [0.1, 0.15) is 5.75 Å². The molecular formula is C21H21ClIN3O3. The van der Waals surface area contributed by atoms with Crippen molar-refractivity contribution < 1.29 is 14.3 Å². The Bertz CT molecular complexity index is 1050. The van der Waals surface area contributed by atoms with Crippen LogP contribution in [0.15, 0.2) is 30.5 Å². The zero-order chi connectivity index (χ0) is 21.0. The Kier molecular flexibility index (Phi) is 7.23. The number of carbonyl (C=O) groups is 1. The molecule has 6 nitrogen and oxygen atoms in total. The summed E-state index contributed by atoms with van der Waals surface area (Å²) in [6.07, 6.45) is 2.17. The lowest BCUT2D eigenvalue weighted by Crippen LogP contribution is -2.18. The van der Waals surface area contributed by atoms with Crippen LogP contribution in [0, 0.1) is 3.57 Å². The molecular weight excluding hydrogens is 505 g/mol. The third-order valence-electron chi connectivity index (χ3n) is 4.42. The number of aromatic nitrogens is 3. The summed E-state index contributed by atoms with van der Waals surface area (Å²) in [5.74, 6) is -0.274. The maximum Gasteiger partial charge on any atom is 0.315 e. The number of ether oxygens (including phenoxy) is 2. The van der Waals surface area contributed by atoms with Crippen molar-refractivity contribution in [3.8, 4) is 17.0 Å². The highest BCUT2D eigenvalue weighted by Crippen LogP contribution is 2.40. The third kappa shape index (κ3) is 4.61. The smallest absolute Gasteiger partial charge is 0.315 e. The molecule has 2 heterocycles. The molecule has 0 spiro atoms. The van der Waals surface area contributed by atoms with E-state index in [0.717, 1.165) is 8.96 Å². The molecule has 8 heteroatoms. The van der Waals surface area contributed by atoms with Gasteiger partial charge in [-0.05, 0) is 78.7 Å². The summed E-state index contributed by atoms with van der Waals surface area (Å²) in [4.78, 5) is 26.0. The highest BCUT2D eigenvalue weighted by Gasteiger charge is 2.29. The minimum absolute atomic E-state index is 0.121. The van der Waals surface area contributed by atoms with Crippen molar-refractivity contribution in [2.24, 2.45) is 0 Å². The largest absolute Gasteiger partial charge is 0.493 e. The van der Waals surface area contributed by atoms with Gasteiger partial charge in [-0.25, -0.2) is 9.97 Å². The van der Waals surface area contributed by atoms with Gasteiger partial charge in [0.25, 0.3) is 0 Å². The van der Waals surface area contributed by atoms with E-state index in [-0.39, 0.29) is 11.3 Å². The van der Waals surface area contributed by atoms with Crippen molar-refractivity contribution in [2.75, 3.05) is 13.2 Å². The van der Waals surface area contributed by atoms with Gasteiger partial charge < -0.3 is 9.47 Å². The number of fused-ring (bicyclic) bond motifs is 1. The monoisotopic (exact) mass is 525 g/mol. The van der Waals surface area contributed by atoms with Crippen LogP contribution in [0.5, 0.6) is 5.75 Å². The molecule has 0 aliphatic carbocycles. The van der Waals surface area contributed by atoms with Gasteiger partial charge in [0.2, 0.25) is 5.28 Å². The van der Waals surface area contributed by atoms with Crippen LogP contribution in [-0.4, -0.2) is 34.1 Å². The molecule has 0 radical (unpaired) electrons. The van der Waals surface area contributed by atoms with Crippen LogP contribution in [0.2, 0.25) is 5.28 Å². The second kappa shape index (κ2) is 9.67. The number of esters is 1. The molecule has 29 heavy (non-hydrogen) atoms. The van der Waals surface area contributed by atoms with E-state index in [0.29, 0.717) is 47.9 Å². The van der Waals surface area contributed by atoms with Crippen molar-refractivity contribution >= 4 is 51.1 Å². The average Bonchev–Trinajstić information content (AvgIpc) is 2.69. The number of halogens is 2. The summed E-state index contributed by atoms with van der Waals surface area (Å²) in [5.41, 5.74) is 2.51. The SMILES string of the molecule is CCOC(=O)C(CC)c1nccc(OCC)c1-c1nc(Cl)nc2ccc(I)cc12. The molecule has 2 aromatic heterocycles. The fourth-order valence-corrected chi connectivity index (χ4v) is 3.88. The molecule has 1 aromatic carbocycles. The Morgan fingerprint density at radius 3 is 2.66 bits per heavy atom. The molecule has 0 aliphatic heterocycles. The average molecular weight is 526 g/mol. The van der Waals surface area contributed by atoms with Crippen LogP contribution in [0.3, 0.4) is 0 Å². The second-order valence-corrected chi connectivity index (χ2v) is 7.80. The third-order valence-corrected chi connectivity index (χ3v) is 5.26. The van der Waals surface area contributed by atoms with E-state index in [1.54, 1.807) is 19.2 Å². The van der Waals surface area contributed by atoms with Crippen molar-refractivity contribution in [2.45, 2.75) is 33.1 Å². The van der Waals surface area contributed by atoms with E-state index < -0.39 is 5.92 Å². The molecule has 0 aliphatic rings. The van der Waals surface area contributed by atoms with E-state index in [4.69, 9.17) is 21.1 Å². The van der Waals surface area contributed by atoms with E-state index in [1.807, 2.05) is 32.0 Å². The standard InChI is InChI=1S/C21H21ClIN3O3/c1-4-13(20(27)29-6-3)18-17(16(28-5-2)9-10-24-18)19-14-11-12(23)7-8-15(14)25-21(22)26-19/h7-11,13H,4-6H2,1-3H3. The molecule has 1 atom stereocenters. The van der Waals surface area contributed by atoms with Crippen molar-refractivity contribution in [1.29, 1.82) is 0 Å². The first-order valence-electron chi connectivity index (χ1n) is 9.41. The number of nitrogens with zero attached hydrogens (tertiary/aromatic N) is 3. The van der Waals surface area contributed by atoms with Gasteiger partial charge in [0.15, 0.2) is 0 Å². The molecule has 0 N–H and O–H groups in total. The van der Waals surface area contributed by atoms with Gasteiger partial charge in [0, 0.05) is 15.2 Å². The van der Waals surface area contributed by atoms with Gasteiger partial charge in [-0.2, -0.15) is 0 Å². The highest BCUT2D eigenvalue weighted by atomic mass is 127. The predicted octanol–water partition coefficient (Wildman–Crippen LogP) is 5.41. The summed E-state index contributed by atoms with van der Waals surface area (Å²) in [7, 11) is 0. The first kappa shape index (κ1) is 21.7. The normalized spacial score (nSPS) is 12.0. The first-order chi connectivity index (χ1) is 14.0. The predicted molar refractivity (Wildman–Crippen MR) is 121 cm³/mol. The second-order valence-electron chi connectivity index (χ2n) is 6.22. The van der Waals surface area contributed by atoms with Crippen molar-refractivity contribution in [3.05, 3.63) is 45.0 Å². The molecule has 152 valence electrons. The maximum absolute atomic E-state index is 12.6. The van der Waals surface area contributed by atoms with Crippen LogP contribution in [-0.2, 0) is 9.53 Å². The van der Waals surface area contributed by atoms with Gasteiger partial charge in [-0.15, -0.1) is 0 Å². The van der Waals surface area contributed by atoms with E-state index in [1.165, 1.54) is 0 Å². The lowest BCUT2D eigenvalue weighted by molar-refractivity contribution is -0.145. The Morgan fingerprint density at radius 2 is 1.97 bits per heavy atom. The quantitative estimate of drug-likeness (QED) is 0.233. The molecule has 0 amide bonds. The summed E-state index contributed by atoms with van der Waals surface area (Å²) < 4.78 is 12.2. The molecule has 3 aromatic rings. The van der Waals surface area contributed by atoms with Crippen LogP contribution in [0.1, 0.15) is 38.8 Å². The van der Waals surface area contributed by atoms with Gasteiger partial charge in [-0.1, -0.05) is 6.92 Å². The zero-order valence-corrected chi connectivity index (χ0v) is 19.3. The number of benzene rings is 1. The lowest BCUT2D eigenvalue weighted by Gasteiger charge is -2.20. The highest BCUT2D eigenvalue weighted by molar-refractivity contribution is 14.1. The van der Waals surface area contributed by atoms with Crippen LogP contribution in [0.4, 0.5) is 0 Å². The van der Waals surface area contributed by atoms with Gasteiger partial charge in [-0.3, -0.25) is 9.78 Å². The fourth-order valence-electron chi connectivity index (χ4n) is 3.21.